The molecule has 4 rings (SSSR count). The number of hydrogen-bond donors (Lipinski definition) is 2. The summed E-state index contributed by atoms with van der Waals surface area (Å²) in [6, 6.07) is 11.2. The molecule has 1 saturated carbocycles. The van der Waals surface area contributed by atoms with E-state index in [1.54, 1.807) is 13.2 Å². The standard InChI is InChI=1S/C18H22ClN5O/c1-25-13-4-2-3-11(9-13)17-14(7-8-24(17)12-5-6-12)21-16-10-15(19)22-18(20)23-16/h2-4,9-10,12,14,17H,5-8H2,1H3,(H3,20,21,22,23). The number of benzene rings is 1. The van der Waals surface area contributed by atoms with Crippen molar-refractivity contribution in [3.05, 3.63) is 41.0 Å². The second-order valence-corrected chi connectivity index (χ2v) is 7.05. The highest BCUT2D eigenvalue weighted by Crippen LogP contribution is 2.42. The topological polar surface area (TPSA) is 76.3 Å². The summed E-state index contributed by atoms with van der Waals surface area (Å²) >= 11 is 6.02. The molecule has 0 spiro atoms. The van der Waals surface area contributed by atoms with Gasteiger partial charge in [-0.2, -0.15) is 4.98 Å². The number of ether oxygens (including phenoxy) is 1. The van der Waals surface area contributed by atoms with Crippen molar-refractivity contribution >= 4 is 23.4 Å². The molecule has 3 N–H and O–H groups in total. The van der Waals surface area contributed by atoms with Gasteiger partial charge in [0.05, 0.1) is 13.2 Å². The van der Waals surface area contributed by atoms with E-state index in [-0.39, 0.29) is 18.0 Å². The van der Waals surface area contributed by atoms with Crippen LogP contribution in [-0.2, 0) is 0 Å². The molecule has 1 aliphatic heterocycles. The van der Waals surface area contributed by atoms with Crippen molar-refractivity contribution in [1.82, 2.24) is 14.9 Å². The Morgan fingerprint density at radius 2 is 2.08 bits per heavy atom. The molecule has 1 aromatic carbocycles. The highest BCUT2D eigenvalue weighted by Gasteiger charge is 2.43. The lowest BCUT2D eigenvalue weighted by Gasteiger charge is -2.29. The maximum absolute atomic E-state index is 6.02. The van der Waals surface area contributed by atoms with Crippen LogP contribution in [-0.4, -0.2) is 40.6 Å². The van der Waals surface area contributed by atoms with Gasteiger partial charge < -0.3 is 15.8 Å². The van der Waals surface area contributed by atoms with E-state index >= 15 is 0 Å². The first kappa shape index (κ1) is 16.4. The van der Waals surface area contributed by atoms with Gasteiger partial charge in [-0.3, -0.25) is 4.90 Å². The summed E-state index contributed by atoms with van der Waals surface area (Å²) in [5.74, 6) is 1.74. The molecule has 1 aliphatic carbocycles. The van der Waals surface area contributed by atoms with E-state index in [0.29, 0.717) is 17.0 Å². The van der Waals surface area contributed by atoms with Crippen LogP contribution in [0.2, 0.25) is 5.15 Å². The number of nitrogens with zero attached hydrogens (tertiary/aromatic N) is 3. The van der Waals surface area contributed by atoms with Crippen LogP contribution in [0.15, 0.2) is 30.3 Å². The lowest BCUT2D eigenvalue weighted by atomic mass is 9.99. The molecule has 2 aliphatic rings. The van der Waals surface area contributed by atoms with Gasteiger partial charge in [-0.15, -0.1) is 0 Å². The largest absolute Gasteiger partial charge is 0.497 e. The van der Waals surface area contributed by atoms with E-state index < -0.39 is 0 Å². The molecule has 2 heterocycles. The zero-order valence-electron chi connectivity index (χ0n) is 14.2. The van der Waals surface area contributed by atoms with Gasteiger partial charge in [-0.05, 0) is 37.0 Å². The molecule has 2 atom stereocenters. The number of methoxy groups -OCH3 is 1. The lowest BCUT2D eigenvalue weighted by molar-refractivity contribution is 0.240. The van der Waals surface area contributed by atoms with E-state index in [0.717, 1.165) is 18.7 Å². The number of hydrogen-bond acceptors (Lipinski definition) is 6. The third-order valence-corrected chi connectivity index (χ3v) is 5.13. The van der Waals surface area contributed by atoms with Crippen molar-refractivity contribution in [1.29, 1.82) is 0 Å². The molecular formula is C18H22ClN5O. The normalized spacial score (nSPS) is 23.6. The first-order valence-corrected chi connectivity index (χ1v) is 8.98. The monoisotopic (exact) mass is 359 g/mol. The fraction of sp³-hybridized carbons (Fsp3) is 0.444. The van der Waals surface area contributed by atoms with Crippen LogP contribution in [0.25, 0.3) is 0 Å². The lowest BCUT2D eigenvalue weighted by Crippen LogP contribution is -2.33. The molecule has 6 nitrogen and oxygen atoms in total. The predicted molar refractivity (Wildman–Crippen MR) is 98.9 cm³/mol. The first-order chi connectivity index (χ1) is 12.1. The summed E-state index contributed by atoms with van der Waals surface area (Å²) in [6.45, 7) is 1.07. The van der Waals surface area contributed by atoms with Gasteiger partial charge in [0.15, 0.2) is 0 Å². The van der Waals surface area contributed by atoms with Crippen LogP contribution in [0.5, 0.6) is 5.75 Å². The molecular weight excluding hydrogens is 338 g/mol. The van der Waals surface area contributed by atoms with Crippen molar-refractivity contribution < 1.29 is 4.74 Å². The predicted octanol–water partition coefficient (Wildman–Crippen LogP) is 3.11. The number of anilines is 2. The molecule has 2 unspecified atom stereocenters. The van der Waals surface area contributed by atoms with Crippen LogP contribution < -0.4 is 15.8 Å². The third-order valence-electron chi connectivity index (χ3n) is 4.93. The van der Waals surface area contributed by atoms with Crippen molar-refractivity contribution in [2.24, 2.45) is 0 Å². The molecule has 2 aromatic rings. The molecule has 1 saturated heterocycles. The quantitative estimate of drug-likeness (QED) is 0.799. The van der Waals surface area contributed by atoms with Gasteiger partial charge >= 0.3 is 0 Å². The van der Waals surface area contributed by atoms with Crippen LogP contribution >= 0.6 is 11.6 Å². The minimum absolute atomic E-state index is 0.185. The van der Waals surface area contributed by atoms with E-state index in [1.807, 2.05) is 12.1 Å². The number of halogens is 1. The molecule has 1 aromatic heterocycles. The maximum atomic E-state index is 6.02. The second-order valence-electron chi connectivity index (χ2n) is 6.66. The minimum Gasteiger partial charge on any atom is -0.497 e. The smallest absolute Gasteiger partial charge is 0.223 e. The van der Waals surface area contributed by atoms with Crippen LogP contribution in [0.4, 0.5) is 11.8 Å². The number of nitrogens with two attached hydrogens (primary N) is 1. The van der Waals surface area contributed by atoms with Crippen molar-refractivity contribution in [2.75, 3.05) is 24.7 Å². The number of nitrogens with one attached hydrogen (secondary N) is 1. The SMILES string of the molecule is COc1cccc(C2C(Nc3cc(Cl)nc(N)n3)CCN2C2CC2)c1. The Hall–Kier alpha value is -2.05. The van der Waals surface area contributed by atoms with Crippen LogP contribution in [0, 0.1) is 0 Å². The molecule has 132 valence electrons. The van der Waals surface area contributed by atoms with E-state index in [1.165, 1.54) is 18.4 Å². The summed E-state index contributed by atoms with van der Waals surface area (Å²) in [7, 11) is 1.70. The number of likely N-dealkylation sites (tertiary alicyclic amines) is 1. The van der Waals surface area contributed by atoms with Gasteiger partial charge in [0.25, 0.3) is 0 Å². The molecule has 25 heavy (non-hydrogen) atoms. The van der Waals surface area contributed by atoms with Gasteiger partial charge in [-0.25, -0.2) is 4.98 Å². The summed E-state index contributed by atoms with van der Waals surface area (Å²) < 4.78 is 5.42. The van der Waals surface area contributed by atoms with Crippen LogP contribution in [0.3, 0.4) is 0 Å². The summed E-state index contributed by atoms with van der Waals surface area (Å²) in [6.07, 6.45) is 3.60. The maximum Gasteiger partial charge on any atom is 0.223 e. The Bertz CT molecular complexity index is 747. The van der Waals surface area contributed by atoms with Crippen molar-refractivity contribution in [3.63, 3.8) is 0 Å². The highest BCUT2D eigenvalue weighted by molar-refractivity contribution is 6.29. The fourth-order valence-electron chi connectivity index (χ4n) is 3.73. The Labute approximate surface area is 152 Å². The molecule has 0 bridgehead atoms. The summed E-state index contributed by atoms with van der Waals surface area (Å²) in [5, 5.41) is 3.87. The van der Waals surface area contributed by atoms with Gasteiger partial charge in [0.2, 0.25) is 5.95 Å². The first-order valence-electron chi connectivity index (χ1n) is 8.60. The average Bonchev–Trinajstić information content (AvgIpc) is 3.35. The summed E-state index contributed by atoms with van der Waals surface area (Å²) in [5.41, 5.74) is 6.99. The van der Waals surface area contributed by atoms with E-state index in [2.05, 4.69) is 32.3 Å². The average molecular weight is 360 g/mol. The zero-order valence-corrected chi connectivity index (χ0v) is 14.9. The number of rotatable bonds is 5. The third kappa shape index (κ3) is 3.50. The van der Waals surface area contributed by atoms with Crippen molar-refractivity contribution in [3.8, 4) is 5.75 Å². The summed E-state index contributed by atoms with van der Waals surface area (Å²) in [4.78, 5) is 10.8. The Balaban J connectivity index is 1.63. The Kier molecular flexibility index (Phi) is 4.39. The fourth-order valence-corrected chi connectivity index (χ4v) is 3.92. The Morgan fingerprint density at radius 3 is 2.80 bits per heavy atom. The minimum atomic E-state index is 0.185. The molecule has 7 heteroatoms. The van der Waals surface area contributed by atoms with Gasteiger partial charge in [-0.1, -0.05) is 23.7 Å². The number of nitrogen functional groups attached to an aromatic ring is 1. The van der Waals surface area contributed by atoms with Crippen LogP contribution in [0.1, 0.15) is 30.9 Å². The second kappa shape index (κ2) is 6.69. The molecule has 0 amide bonds. The van der Waals surface area contributed by atoms with Crippen molar-refractivity contribution in [2.45, 2.75) is 37.4 Å². The zero-order chi connectivity index (χ0) is 17.4. The van der Waals surface area contributed by atoms with Gasteiger partial charge in [0.1, 0.15) is 16.7 Å². The van der Waals surface area contributed by atoms with E-state index in [4.69, 9.17) is 22.1 Å². The van der Waals surface area contributed by atoms with E-state index in [9.17, 15) is 0 Å². The highest BCUT2D eigenvalue weighted by atomic mass is 35.5. The molecule has 0 radical (unpaired) electrons. The Morgan fingerprint density at radius 1 is 1.24 bits per heavy atom. The van der Waals surface area contributed by atoms with Gasteiger partial charge in [0, 0.05) is 24.7 Å². The molecule has 2 fully saturated rings. The number of aromatic nitrogens is 2.